The summed E-state index contributed by atoms with van der Waals surface area (Å²) in [7, 11) is 0. The molecule has 1 unspecified atom stereocenters. The average Bonchev–Trinajstić information content (AvgIpc) is 3.48. The van der Waals surface area contributed by atoms with E-state index in [0.29, 0.717) is 48.4 Å². The zero-order chi connectivity index (χ0) is 26.0. The van der Waals surface area contributed by atoms with E-state index in [1.54, 1.807) is 35.3 Å². The predicted molar refractivity (Wildman–Crippen MR) is 130 cm³/mol. The number of halogens is 3. The molecule has 8 nitrogen and oxygen atoms in total. The van der Waals surface area contributed by atoms with Gasteiger partial charge in [-0.3, -0.25) is 0 Å². The summed E-state index contributed by atoms with van der Waals surface area (Å²) in [5, 5.41) is 4.56. The fraction of sp³-hybridized carbons (Fsp3) is 0.308. The van der Waals surface area contributed by atoms with Gasteiger partial charge < -0.3 is 14.0 Å². The van der Waals surface area contributed by atoms with Gasteiger partial charge >= 0.3 is 6.36 Å². The van der Waals surface area contributed by atoms with Crippen LogP contribution in [0.15, 0.2) is 48.9 Å². The number of ether oxygens (including phenoxy) is 2. The van der Waals surface area contributed by atoms with Crippen LogP contribution in [0.25, 0.3) is 17.8 Å². The number of pyridine rings is 1. The summed E-state index contributed by atoms with van der Waals surface area (Å²) in [6, 6.07) is 9.95. The molecule has 0 N–H and O–H groups in total. The van der Waals surface area contributed by atoms with Crippen LogP contribution < -0.4 is 9.47 Å². The number of aromatic nitrogens is 6. The van der Waals surface area contributed by atoms with Crippen molar-refractivity contribution in [1.82, 2.24) is 29.3 Å². The first kappa shape index (κ1) is 24.5. The van der Waals surface area contributed by atoms with Gasteiger partial charge in [-0.15, -0.1) is 13.2 Å². The van der Waals surface area contributed by atoms with Crippen LogP contribution in [-0.4, -0.2) is 42.3 Å². The van der Waals surface area contributed by atoms with Gasteiger partial charge in [0.2, 0.25) is 5.88 Å². The lowest BCUT2D eigenvalue weighted by atomic mass is 9.90. The Morgan fingerprint density at radius 2 is 1.95 bits per heavy atom. The van der Waals surface area contributed by atoms with Crippen LogP contribution in [0.1, 0.15) is 54.3 Å². The molecular weight excluding hydrogens is 485 g/mol. The number of para-hydroxylation sites is 1. The minimum Gasteiger partial charge on any atom is -0.476 e. The molecule has 1 aromatic carbocycles. The van der Waals surface area contributed by atoms with Crippen molar-refractivity contribution < 1.29 is 22.6 Å². The summed E-state index contributed by atoms with van der Waals surface area (Å²) >= 11 is 0. The van der Waals surface area contributed by atoms with Crippen molar-refractivity contribution in [3.63, 3.8) is 0 Å². The molecule has 192 valence electrons. The highest BCUT2D eigenvalue weighted by Crippen LogP contribution is 2.39. The van der Waals surface area contributed by atoms with Gasteiger partial charge in [-0.2, -0.15) is 5.10 Å². The molecule has 4 heterocycles. The van der Waals surface area contributed by atoms with Crippen LogP contribution in [0.4, 0.5) is 13.2 Å². The van der Waals surface area contributed by atoms with Crippen LogP contribution in [0.3, 0.4) is 0 Å². The first-order valence-electron chi connectivity index (χ1n) is 11.9. The largest absolute Gasteiger partial charge is 0.573 e. The molecule has 1 aliphatic heterocycles. The number of benzene rings is 1. The van der Waals surface area contributed by atoms with E-state index in [1.165, 1.54) is 12.1 Å². The van der Waals surface area contributed by atoms with Gasteiger partial charge in [0.1, 0.15) is 17.3 Å². The Labute approximate surface area is 211 Å². The van der Waals surface area contributed by atoms with Gasteiger partial charge in [0, 0.05) is 24.2 Å². The van der Waals surface area contributed by atoms with Crippen LogP contribution in [0.2, 0.25) is 0 Å². The lowest BCUT2D eigenvalue weighted by molar-refractivity contribution is -0.275. The predicted octanol–water partition coefficient (Wildman–Crippen LogP) is 5.56. The fourth-order valence-electron chi connectivity index (χ4n) is 4.41. The SMILES string of the molecule is CCOc1nc(/C=C/c2nc3n(n2)CCCC3c2ccccc2OC(F)(F)F)ccc1-n1cnc(C)c1. The van der Waals surface area contributed by atoms with Crippen LogP contribution in [0.5, 0.6) is 11.6 Å². The minimum atomic E-state index is -4.77. The molecule has 0 spiro atoms. The molecule has 37 heavy (non-hydrogen) atoms. The molecule has 5 rings (SSSR count). The molecule has 0 bridgehead atoms. The lowest BCUT2D eigenvalue weighted by Gasteiger charge is -2.24. The van der Waals surface area contributed by atoms with Gasteiger partial charge in [0.25, 0.3) is 0 Å². The number of rotatable bonds is 7. The molecule has 0 saturated heterocycles. The van der Waals surface area contributed by atoms with E-state index in [0.717, 1.165) is 17.8 Å². The smallest absolute Gasteiger partial charge is 0.476 e. The minimum absolute atomic E-state index is 0.214. The third kappa shape index (κ3) is 5.50. The Hall–Kier alpha value is -4.15. The van der Waals surface area contributed by atoms with Crippen molar-refractivity contribution in [3.8, 4) is 17.3 Å². The highest BCUT2D eigenvalue weighted by molar-refractivity contribution is 5.65. The van der Waals surface area contributed by atoms with Gasteiger partial charge in [-0.05, 0) is 57.0 Å². The van der Waals surface area contributed by atoms with Gasteiger partial charge in [-0.25, -0.2) is 19.6 Å². The Balaban J connectivity index is 1.42. The summed E-state index contributed by atoms with van der Waals surface area (Å²) < 4.78 is 52.5. The summed E-state index contributed by atoms with van der Waals surface area (Å²) in [4.78, 5) is 13.5. The van der Waals surface area contributed by atoms with E-state index in [9.17, 15) is 13.2 Å². The number of imidazole rings is 1. The van der Waals surface area contributed by atoms with Crippen LogP contribution in [-0.2, 0) is 6.54 Å². The van der Waals surface area contributed by atoms with Crippen molar-refractivity contribution in [3.05, 3.63) is 77.5 Å². The second-order valence-electron chi connectivity index (χ2n) is 8.58. The first-order chi connectivity index (χ1) is 17.8. The molecule has 0 radical (unpaired) electrons. The average molecular weight is 511 g/mol. The number of hydrogen-bond donors (Lipinski definition) is 0. The van der Waals surface area contributed by atoms with E-state index in [2.05, 4.69) is 24.8 Å². The normalized spacial score (nSPS) is 15.6. The van der Waals surface area contributed by atoms with Crippen molar-refractivity contribution in [1.29, 1.82) is 0 Å². The monoisotopic (exact) mass is 510 g/mol. The van der Waals surface area contributed by atoms with Crippen molar-refractivity contribution in [2.24, 2.45) is 0 Å². The van der Waals surface area contributed by atoms with E-state index in [-0.39, 0.29) is 11.7 Å². The van der Waals surface area contributed by atoms with Crippen LogP contribution in [0, 0.1) is 6.92 Å². The third-order valence-electron chi connectivity index (χ3n) is 5.95. The highest BCUT2D eigenvalue weighted by atomic mass is 19.4. The molecule has 0 amide bonds. The second kappa shape index (κ2) is 10.1. The maximum atomic E-state index is 13.0. The molecule has 1 atom stereocenters. The van der Waals surface area contributed by atoms with Crippen molar-refractivity contribution in [2.75, 3.05) is 6.61 Å². The Kier molecular flexibility index (Phi) is 6.68. The maximum absolute atomic E-state index is 13.0. The molecule has 0 aliphatic carbocycles. The number of fused-ring (bicyclic) bond motifs is 1. The molecule has 1 aliphatic rings. The lowest BCUT2D eigenvalue weighted by Crippen LogP contribution is -2.21. The maximum Gasteiger partial charge on any atom is 0.573 e. The molecule has 11 heteroatoms. The third-order valence-corrected chi connectivity index (χ3v) is 5.95. The summed E-state index contributed by atoms with van der Waals surface area (Å²) in [6.45, 7) is 4.89. The van der Waals surface area contributed by atoms with E-state index < -0.39 is 6.36 Å². The quantitative estimate of drug-likeness (QED) is 0.324. The van der Waals surface area contributed by atoms with Gasteiger partial charge in [-0.1, -0.05) is 18.2 Å². The van der Waals surface area contributed by atoms with E-state index in [4.69, 9.17) is 4.74 Å². The Morgan fingerprint density at radius 1 is 1.11 bits per heavy atom. The van der Waals surface area contributed by atoms with Crippen molar-refractivity contribution >= 4 is 12.2 Å². The zero-order valence-electron chi connectivity index (χ0n) is 20.3. The zero-order valence-corrected chi connectivity index (χ0v) is 20.3. The van der Waals surface area contributed by atoms with E-state index in [1.807, 2.05) is 36.7 Å². The second-order valence-corrected chi connectivity index (χ2v) is 8.58. The number of hydrogen-bond acceptors (Lipinski definition) is 6. The molecule has 0 saturated carbocycles. The van der Waals surface area contributed by atoms with E-state index >= 15 is 0 Å². The number of aryl methyl sites for hydroxylation is 2. The Bertz CT molecular complexity index is 1430. The summed E-state index contributed by atoms with van der Waals surface area (Å²) in [5.74, 6) is 0.959. The molecular formula is C26H25F3N6O2. The number of nitrogens with zero attached hydrogens (tertiary/aromatic N) is 6. The molecule has 4 aromatic rings. The standard InChI is InChI=1S/C26H25F3N6O2/c1-3-36-25-21(34-15-17(2)30-16-34)12-10-18(31-25)11-13-23-32-24-20(8-6-14-35(24)33-23)19-7-4-5-9-22(19)37-26(27,28)29/h4-5,7,9-13,15-16,20H,3,6,8,14H2,1-2H3/b13-11+. The van der Waals surface area contributed by atoms with Crippen molar-refractivity contribution in [2.45, 2.75) is 45.5 Å². The fourth-order valence-corrected chi connectivity index (χ4v) is 4.41. The Morgan fingerprint density at radius 3 is 2.70 bits per heavy atom. The topological polar surface area (TPSA) is 79.9 Å². The first-order valence-corrected chi connectivity index (χ1v) is 11.9. The van der Waals surface area contributed by atoms with Gasteiger partial charge in [0.15, 0.2) is 5.82 Å². The molecule has 0 fully saturated rings. The highest BCUT2D eigenvalue weighted by Gasteiger charge is 2.34. The molecule has 3 aromatic heterocycles. The van der Waals surface area contributed by atoms with Crippen LogP contribution >= 0.6 is 0 Å². The number of alkyl halides is 3. The van der Waals surface area contributed by atoms with Gasteiger partial charge in [0.05, 0.1) is 24.3 Å². The summed E-state index contributed by atoms with van der Waals surface area (Å²) in [5.41, 5.74) is 2.75. The summed E-state index contributed by atoms with van der Waals surface area (Å²) in [6.07, 6.45) is 3.75.